The number of amides is 2. The Morgan fingerprint density at radius 3 is 2.39 bits per heavy atom. The van der Waals surface area contributed by atoms with E-state index in [1.165, 1.54) is 13.0 Å². The summed E-state index contributed by atoms with van der Waals surface area (Å²) in [6.45, 7) is 6.34. The van der Waals surface area contributed by atoms with Crippen molar-refractivity contribution in [3.8, 4) is 0 Å². The molecule has 1 atom stereocenters. The summed E-state index contributed by atoms with van der Waals surface area (Å²) in [6.07, 6.45) is 0.851. The first kappa shape index (κ1) is 20.8. The van der Waals surface area contributed by atoms with Crippen molar-refractivity contribution in [2.24, 2.45) is 0 Å². The molecule has 2 aliphatic heterocycles. The number of nitro groups is 1. The second-order valence-electron chi connectivity index (χ2n) is 8.16. The molecule has 1 unspecified atom stereocenters. The lowest BCUT2D eigenvalue weighted by molar-refractivity contribution is -0.384. The van der Waals surface area contributed by atoms with E-state index in [0.717, 1.165) is 17.7 Å². The third-order valence-corrected chi connectivity index (χ3v) is 6.27. The van der Waals surface area contributed by atoms with Gasteiger partial charge in [0.05, 0.1) is 4.92 Å². The van der Waals surface area contributed by atoms with Gasteiger partial charge in [-0.2, -0.15) is 0 Å². The molecule has 1 saturated heterocycles. The Morgan fingerprint density at radius 2 is 1.71 bits per heavy atom. The third kappa shape index (κ3) is 3.97. The van der Waals surface area contributed by atoms with E-state index in [2.05, 4.69) is 6.92 Å². The van der Waals surface area contributed by atoms with E-state index in [0.29, 0.717) is 49.9 Å². The zero-order chi connectivity index (χ0) is 22.1. The van der Waals surface area contributed by atoms with Gasteiger partial charge in [-0.25, -0.2) is 0 Å². The molecule has 0 saturated carbocycles. The number of carbonyl (C=O) groups excluding carboxylic acids is 2. The molecule has 2 amide bonds. The highest BCUT2D eigenvalue weighted by molar-refractivity contribution is 6.07. The molecule has 0 aliphatic carbocycles. The Morgan fingerprint density at radius 1 is 1.00 bits per heavy atom. The standard InChI is InChI=1S/C23H26N4O4/c1-16-9-10-26(20-6-4-3-5-19(16)20)23(29)18-7-8-21(22(15-18)27(30)31)25-13-11-24(12-14-25)17(2)28/h3-8,15-16H,9-14H2,1-2H3. The van der Waals surface area contributed by atoms with Gasteiger partial charge in [0.1, 0.15) is 5.69 Å². The van der Waals surface area contributed by atoms with Crippen molar-refractivity contribution in [3.05, 3.63) is 63.7 Å². The molecule has 2 heterocycles. The molecule has 31 heavy (non-hydrogen) atoms. The minimum Gasteiger partial charge on any atom is -0.362 e. The molecule has 0 radical (unpaired) electrons. The maximum absolute atomic E-state index is 13.3. The second kappa shape index (κ2) is 8.37. The maximum Gasteiger partial charge on any atom is 0.293 e. The Balaban J connectivity index is 1.62. The van der Waals surface area contributed by atoms with E-state index in [-0.39, 0.29) is 17.5 Å². The average molecular weight is 422 g/mol. The first-order valence-electron chi connectivity index (χ1n) is 10.6. The second-order valence-corrected chi connectivity index (χ2v) is 8.16. The Hall–Kier alpha value is -3.42. The largest absolute Gasteiger partial charge is 0.362 e. The van der Waals surface area contributed by atoms with Crippen LogP contribution in [-0.2, 0) is 4.79 Å². The number of carbonyl (C=O) groups is 2. The smallest absolute Gasteiger partial charge is 0.293 e. The molecule has 2 aromatic rings. The van der Waals surface area contributed by atoms with Gasteiger partial charge in [0.25, 0.3) is 11.6 Å². The molecule has 2 aliphatic rings. The van der Waals surface area contributed by atoms with Gasteiger partial charge in [0.15, 0.2) is 0 Å². The fraction of sp³-hybridized carbons (Fsp3) is 0.391. The fourth-order valence-corrected chi connectivity index (χ4v) is 4.45. The summed E-state index contributed by atoms with van der Waals surface area (Å²) in [4.78, 5) is 41.6. The van der Waals surface area contributed by atoms with Gasteiger partial charge < -0.3 is 14.7 Å². The molecule has 0 bridgehead atoms. The van der Waals surface area contributed by atoms with Crippen LogP contribution in [0.3, 0.4) is 0 Å². The van der Waals surface area contributed by atoms with Crippen LogP contribution >= 0.6 is 0 Å². The van der Waals surface area contributed by atoms with Crippen molar-refractivity contribution in [1.29, 1.82) is 0 Å². The number of para-hydroxylation sites is 1. The number of anilines is 2. The summed E-state index contributed by atoms with van der Waals surface area (Å²) in [5.74, 6) is 0.146. The van der Waals surface area contributed by atoms with Crippen LogP contribution in [0.2, 0.25) is 0 Å². The summed E-state index contributed by atoms with van der Waals surface area (Å²) in [7, 11) is 0. The quantitative estimate of drug-likeness (QED) is 0.559. The number of nitrogens with zero attached hydrogens (tertiary/aromatic N) is 4. The molecular formula is C23H26N4O4. The normalized spacial score (nSPS) is 18.5. The monoisotopic (exact) mass is 422 g/mol. The average Bonchev–Trinajstić information content (AvgIpc) is 2.79. The van der Waals surface area contributed by atoms with Crippen molar-refractivity contribution in [1.82, 2.24) is 4.90 Å². The Labute approximate surface area is 181 Å². The Bertz CT molecular complexity index is 1030. The minimum absolute atomic E-state index is 0.00576. The van der Waals surface area contributed by atoms with Gasteiger partial charge in [-0.05, 0) is 36.1 Å². The number of nitro benzene ring substituents is 1. The lowest BCUT2D eigenvalue weighted by Crippen LogP contribution is -2.48. The lowest BCUT2D eigenvalue weighted by Gasteiger charge is -2.35. The van der Waals surface area contributed by atoms with Crippen molar-refractivity contribution in [2.75, 3.05) is 42.5 Å². The SMILES string of the molecule is CC(=O)N1CCN(c2ccc(C(=O)N3CCC(C)c4ccccc43)cc2[N+](=O)[O-])CC1. The van der Waals surface area contributed by atoms with Crippen LogP contribution < -0.4 is 9.80 Å². The Kier molecular flexibility index (Phi) is 5.63. The summed E-state index contributed by atoms with van der Waals surface area (Å²) >= 11 is 0. The van der Waals surface area contributed by atoms with E-state index in [4.69, 9.17) is 0 Å². The summed E-state index contributed by atoms with van der Waals surface area (Å²) in [6, 6.07) is 12.6. The number of hydrogen-bond donors (Lipinski definition) is 0. The van der Waals surface area contributed by atoms with Gasteiger partial charge in [0.2, 0.25) is 5.91 Å². The van der Waals surface area contributed by atoms with Crippen LogP contribution in [0.15, 0.2) is 42.5 Å². The number of fused-ring (bicyclic) bond motifs is 1. The van der Waals surface area contributed by atoms with Crippen LogP contribution in [0.1, 0.15) is 42.1 Å². The molecule has 0 spiro atoms. The topological polar surface area (TPSA) is 87.0 Å². The zero-order valence-electron chi connectivity index (χ0n) is 17.8. The van der Waals surface area contributed by atoms with Gasteiger partial charge >= 0.3 is 0 Å². The van der Waals surface area contributed by atoms with Gasteiger partial charge in [-0.15, -0.1) is 0 Å². The molecular weight excluding hydrogens is 396 g/mol. The van der Waals surface area contributed by atoms with Crippen molar-refractivity contribution >= 4 is 28.9 Å². The van der Waals surface area contributed by atoms with Gasteiger partial charge in [-0.1, -0.05) is 25.1 Å². The van der Waals surface area contributed by atoms with Crippen molar-refractivity contribution in [2.45, 2.75) is 26.2 Å². The van der Waals surface area contributed by atoms with Gasteiger partial charge in [0, 0.05) is 57.0 Å². The number of piperazine rings is 1. The van der Waals surface area contributed by atoms with Crippen molar-refractivity contribution < 1.29 is 14.5 Å². The molecule has 2 aromatic carbocycles. The molecule has 0 aromatic heterocycles. The highest BCUT2D eigenvalue weighted by Gasteiger charge is 2.30. The van der Waals surface area contributed by atoms with Crippen LogP contribution in [0.25, 0.3) is 0 Å². The van der Waals surface area contributed by atoms with Crippen LogP contribution in [0.4, 0.5) is 17.1 Å². The number of rotatable bonds is 3. The first-order chi connectivity index (χ1) is 14.9. The highest BCUT2D eigenvalue weighted by atomic mass is 16.6. The molecule has 1 fully saturated rings. The number of benzene rings is 2. The predicted octanol–water partition coefficient (Wildman–Crippen LogP) is 3.42. The summed E-state index contributed by atoms with van der Waals surface area (Å²) in [5.41, 5.74) is 2.70. The number of hydrogen-bond acceptors (Lipinski definition) is 5. The zero-order valence-corrected chi connectivity index (χ0v) is 17.8. The molecule has 8 nitrogen and oxygen atoms in total. The fourth-order valence-electron chi connectivity index (χ4n) is 4.45. The van der Waals surface area contributed by atoms with Crippen LogP contribution in [-0.4, -0.2) is 54.4 Å². The van der Waals surface area contributed by atoms with E-state index in [1.807, 2.05) is 29.2 Å². The maximum atomic E-state index is 13.3. The molecule has 0 N–H and O–H groups in total. The van der Waals surface area contributed by atoms with E-state index in [1.54, 1.807) is 21.9 Å². The lowest BCUT2D eigenvalue weighted by atomic mass is 9.91. The summed E-state index contributed by atoms with van der Waals surface area (Å²) in [5, 5.41) is 11.8. The van der Waals surface area contributed by atoms with Crippen LogP contribution in [0, 0.1) is 10.1 Å². The van der Waals surface area contributed by atoms with Crippen molar-refractivity contribution in [3.63, 3.8) is 0 Å². The van der Waals surface area contributed by atoms with E-state index < -0.39 is 4.92 Å². The predicted molar refractivity (Wildman–Crippen MR) is 119 cm³/mol. The molecule has 4 rings (SSSR count). The van der Waals surface area contributed by atoms with Gasteiger partial charge in [-0.3, -0.25) is 19.7 Å². The minimum atomic E-state index is -0.435. The van der Waals surface area contributed by atoms with Crippen LogP contribution in [0.5, 0.6) is 0 Å². The third-order valence-electron chi connectivity index (χ3n) is 6.27. The van der Waals surface area contributed by atoms with E-state index >= 15 is 0 Å². The highest BCUT2D eigenvalue weighted by Crippen LogP contribution is 2.36. The molecule has 8 heteroatoms. The first-order valence-corrected chi connectivity index (χ1v) is 10.6. The van der Waals surface area contributed by atoms with E-state index in [9.17, 15) is 19.7 Å². The molecule has 162 valence electrons. The summed E-state index contributed by atoms with van der Waals surface area (Å²) < 4.78 is 0.